The number of oxazole rings is 1. The molecule has 0 aliphatic heterocycles. The van der Waals surface area contributed by atoms with Gasteiger partial charge in [0, 0.05) is 18.2 Å². The van der Waals surface area contributed by atoms with Crippen LogP contribution in [0.2, 0.25) is 0 Å². The van der Waals surface area contributed by atoms with Crippen molar-refractivity contribution in [1.29, 1.82) is 5.26 Å². The van der Waals surface area contributed by atoms with Gasteiger partial charge in [-0.3, -0.25) is 0 Å². The van der Waals surface area contributed by atoms with Gasteiger partial charge in [-0.1, -0.05) is 12.1 Å². The van der Waals surface area contributed by atoms with E-state index < -0.39 is 0 Å². The summed E-state index contributed by atoms with van der Waals surface area (Å²) in [6.07, 6.45) is 1.67. The lowest BCUT2D eigenvalue weighted by atomic mass is 10.2. The molecule has 1 aromatic heterocycles. The Labute approximate surface area is 98.2 Å². The minimum atomic E-state index is 0.655. The highest BCUT2D eigenvalue weighted by Gasteiger charge is 2.14. The second-order valence-electron chi connectivity index (χ2n) is 3.72. The van der Waals surface area contributed by atoms with Crippen LogP contribution in [-0.2, 0) is 0 Å². The molecule has 0 atom stereocenters. The highest BCUT2D eigenvalue weighted by atomic mass is 16.3. The number of hydrogen-bond donors (Lipinski definition) is 0. The zero-order chi connectivity index (χ0) is 11.7. The SMILES string of the molecule is N#Cc1ccc(-[n+]2coc3ccccc32)cc1. The van der Waals surface area contributed by atoms with Gasteiger partial charge in [-0.2, -0.15) is 5.26 Å². The summed E-state index contributed by atoms with van der Waals surface area (Å²) in [6.45, 7) is 0. The van der Waals surface area contributed by atoms with Gasteiger partial charge < -0.3 is 4.42 Å². The van der Waals surface area contributed by atoms with Gasteiger partial charge in [0.25, 0.3) is 5.52 Å². The number of hydrogen-bond acceptors (Lipinski definition) is 2. The first-order chi connectivity index (χ1) is 8.38. The van der Waals surface area contributed by atoms with E-state index in [0.29, 0.717) is 5.56 Å². The highest BCUT2D eigenvalue weighted by Crippen LogP contribution is 2.12. The Morgan fingerprint density at radius 1 is 1.00 bits per heavy atom. The molecule has 0 N–H and O–H groups in total. The topological polar surface area (TPSA) is 40.8 Å². The third-order valence-corrected chi connectivity index (χ3v) is 2.68. The van der Waals surface area contributed by atoms with Gasteiger partial charge in [-0.15, -0.1) is 4.57 Å². The van der Waals surface area contributed by atoms with Gasteiger partial charge in [0.1, 0.15) is 0 Å². The number of para-hydroxylation sites is 2. The van der Waals surface area contributed by atoms with E-state index in [1.54, 1.807) is 18.5 Å². The van der Waals surface area contributed by atoms with Crippen LogP contribution < -0.4 is 4.57 Å². The van der Waals surface area contributed by atoms with Crippen LogP contribution in [0, 0.1) is 11.3 Å². The fourth-order valence-corrected chi connectivity index (χ4v) is 1.82. The summed E-state index contributed by atoms with van der Waals surface area (Å²) < 4.78 is 7.41. The van der Waals surface area contributed by atoms with Crippen molar-refractivity contribution in [1.82, 2.24) is 0 Å². The van der Waals surface area contributed by atoms with Crippen molar-refractivity contribution in [3.8, 4) is 11.8 Å². The molecule has 2 aromatic carbocycles. The van der Waals surface area contributed by atoms with E-state index >= 15 is 0 Å². The molecule has 0 radical (unpaired) electrons. The number of nitriles is 1. The summed E-state index contributed by atoms with van der Waals surface area (Å²) >= 11 is 0. The molecule has 0 aliphatic carbocycles. The monoisotopic (exact) mass is 221 g/mol. The first kappa shape index (κ1) is 9.61. The van der Waals surface area contributed by atoms with Crippen molar-refractivity contribution in [3.05, 3.63) is 60.5 Å². The van der Waals surface area contributed by atoms with E-state index in [0.717, 1.165) is 16.8 Å². The molecule has 0 saturated carbocycles. The van der Waals surface area contributed by atoms with Crippen LogP contribution >= 0.6 is 0 Å². The number of rotatable bonds is 1. The Hall–Kier alpha value is -2.60. The zero-order valence-corrected chi connectivity index (χ0v) is 9.00. The first-order valence-electron chi connectivity index (χ1n) is 5.27. The Morgan fingerprint density at radius 2 is 1.76 bits per heavy atom. The Morgan fingerprint density at radius 3 is 2.53 bits per heavy atom. The van der Waals surface area contributed by atoms with Gasteiger partial charge in [0.2, 0.25) is 11.3 Å². The smallest absolute Gasteiger partial charge is 0.341 e. The zero-order valence-electron chi connectivity index (χ0n) is 9.00. The quantitative estimate of drug-likeness (QED) is 0.592. The molecule has 0 amide bonds. The predicted octanol–water partition coefficient (Wildman–Crippen LogP) is 2.58. The molecular formula is C14H9N2O+. The van der Waals surface area contributed by atoms with Crippen LogP contribution in [0.1, 0.15) is 5.56 Å². The van der Waals surface area contributed by atoms with Crippen molar-refractivity contribution in [2.75, 3.05) is 0 Å². The molecule has 3 nitrogen and oxygen atoms in total. The van der Waals surface area contributed by atoms with Crippen molar-refractivity contribution in [3.63, 3.8) is 0 Å². The minimum Gasteiger partial charge on any atom is -0.403 e. The standard InChI is InChI=1S/C14H9N2O/c15-9-11-5-7-12(8-6-11)16-10-17-14-4-2-1-3-13(14)16/h1-8,10H/q+1. The molecule has 80 valence electrons. The molecule has 1 heterocycles. The largest absolute Gasteiger partial charge is 0.403 e. The molecule has 0 spiro atoms. The fraction of sp³-hybridized carbons (Fsp3) is 0. The van der Waals surface area contributed by atoms with Crippen LogP contribution in [0.25, 0.3) is 16.8 Å². The van der Waals surface area contributed by atoms with Crippen LogP contribution in [0.15, 0.2) is 59.3 Å². The summed E-state index contributed by atoms with van der Waals surface area (Å²) in [7, 11) is 0. The van der Waals surface area contributed by atoms with Crippen molar-refractivity contribution >= 4 is 11.1 Å². The number of fused-ring (bicyclic) bond motifs is 1. The summed E-state index contributed by atoms with van der Waals surface area (Å²) in [5.41, 5.74) is 3.49. The second-order valence-corrected chi connectivity index (χ2v) is 3.72. The fourth-order valence-electron chi connectivity index (χ4n) is 1.82. The normalized spacial score (nSPS) is 10.3. The van der Waals surface area contributed by atoms with Crippen LogP contribution in [0.3, 0.4) is 0 Å². The van der Waals surface area contributed by atoms with Gasteiger partial charge in [0.15, 0.2) is 0 Å². The maximum absolute atomic E-state index is 8.76. The van der Waals surface area contributed by atoms with Crippen molar-refractivity contribution < 1.29 is 8.98 Å². The predicted molar refractivity (Wildman–Crippen MR) is 62.5 cm³/mol. The summed E-state index contributed by atoms with van der Waals surface area (Å²) in [5, 5.41) is 8.76. The molecule has 3 heteroatoms. The minimum absolute atomic E-state index is 0.655. The van der Waals surface area contributed by atoms with Gasteiger partial charge in [-0.25, -0.2) is 0 Å². The number of benzene rings is 2. The molecule has 0 aliphatic rings. The molecule has 0 fully saturated rings. The summed E-state index contributed by atoms with van der Waals surface area (Å²) in [6, 6.07) is 17.3. The van der Waals surface area contributed by atoms with E-state index in [-0.39, 0.29) is 0 Å². The maximum atomic E-state index is 8.76. The number of nitrogens with zero attached hydrogens (tertiary/aromatic N) is 2. The van der Waals surface area contributed by atoms with Crippen LogP contribution in [0.4, 0.5) is 0 Å². The third kappa shape index (κ3) is 1.56. The third-order valence-electron chi connectivity index (χ3n) is 2.68. The van der Waals surface area contributed by atoms with Crippen molar-refractivity contribution in [2.45, 2.75) is 0 Å². The molecule has 3 rings (SSSR count). The summed E-state index contributed by atoms with van der Waals surface area (Å²) in [5.74, 6) is 0. The average molecular weight is 221 g/mol. The van der Waals surface area contributed by atoms with E-state index in [1.165, 1.54) is 0 Å². The van der Waals surface area contributed by atoms with E-state index in [9.17, 15) is 0 Å². The lowest BCUT2D eigenvalue weighted by molar-refractivity contribution is -0.573. The molecule has 0 unspecified atom stereocenters. The van der Waals surface area contributed by atoms with Gasteiger partial charge >= 0.3 is 6.39 Å². The molecule has 17 heavy (non-hydrogen) atoms. The average Bonchev–Trinajstić information content (AvgIpc) is 2.83. The molecule has 0 saturated heterocycles. The van der Waals surface area contributed by atoms with Crippen LogP contribution in [-0.4, -0.2) is 0 Å². The lowest BCUT2D eigenvalue weighted by Crippen LogP contribution is -2.27. The van der Waals surface area contributed by atoms with Crippen LogP contribution in [0.5, 0.6) is 0 Å². The molecule has 3 aromatic rings. The molecule has 0 bridgehead atoms. The highest BCUT2D eigenvalue weighted by molar-refractivity contribution is 5.68. The van der Waals surface area contributed by atoms with Crippen molar-refractivity contribution in [2.24, 2.45) is 0 Å². The lowest BCUT2D eigenvalue weighted by Gasteiger charge is -1.92. The number of aromatic nitrogens is 1. The first-order valence-corrected chi connectivity index (χ1v) is 5.27. The Kier molecular flexibility index (Phi) is 2.13. The molecular weight excluding hydrogens is 212 g/mol. The second kappa shape index (κ2) is 3.76. The van der Waals surface area contributed by atoms with E-state index in [4.69, 9.17) is 9.68 Å². The van der Waals surface area contributed by atoms with E-state index in [2.05, 4.69) is 6.07 Å². The Bertz CT molecular complexity index is 705. The Balaban J connectivity index is 2.17. The van der Waals surface area contributed by atoms with Gasteiger partial charge in [0.05, 0.1) is 11.6 Å². The summed E-state index contributed by atoms with van der Waals surface area (Å²) in [4.78, 5) is 0. The van der Waals surface area contributed by atoms with Gasteiger partial charge in [-0.05, 0) is 18.2 Å². The maximum Gasteiger partial charge on any atom is 0.341 e. The van der Waals surface area contributed by atoms with E-state index in [1.807, 2.05) is 41.0 Å².